The lowest BCUT2D eigenvalue weighted by atomic mass is 9.84. The van der Waals surface area contributed by atoms with Gasteiger partial charge in [-0.2, -0.15) is 0 Å². The Balaban J connectivity index is 0.00000253. The third kappa shape index (κ3) is 8.40. The van der Waals surface area contributed by atoms with Gasteiger partial charge in [0.2, 0.25) is 0 Å². The maximum Gasteiger partial charge on any atom is 0.153 e. The molecule has 4 rings (SSSR count). The van der Waals surface area contributed by atoms with Crippen LogP contribution in [0.1, 0.15) is 75.7 Å². The first-order valence-electron chi connectivity index (χ1n) is 13.3. The van der Waals surface area contributed by atoms with E-state index in [9.17, 15) is 4.79 Å². The molecule has 0 N–H and O–H groups in total. The Kier molecular flexibility index (Phi) is 10.7. The van der Waals surface area contributed by atoms with Crippen LogP contribution in [0, 0.1) is 12.8 Å². The molecular formula is C35H45NO. The minimum Gasteiger partial charge on any atom is -0.299 e. The van der Waals surface area contributed by atoms with Gasteiger partial charge in [0.05, 0.1) is 0 Å². The van der Waals surface area contributed by atoms with E-state index in [4.69, 9.17) is 0 Å². The highest BCUT2D eigenvalue weighted by Crippen LogP contribution is 2.31. The van der Waals surface area contributed by atoms with Crippen molar-refractivity contribution in [2.24, 2.45) is 5.92 Å². The van der Waals surface area contributed by atoms with Gasteiger partial charge < -0.3 is 0 Å². The quantitative estimate of drug-likeness (QED) is 0.218. The van der Waals surface area contributed by atoms with Gasteiger partial charge in [0.15, 0.2) is 5.78 Å². The number of carbonyl (C=O) groups excluding carboxylic acids is 1. The first-order chi connectivity index (χ1) is 17.5. The van der Waals surface area contributed by atoms with Crippen LogP contribution in [0.5, 0.6) is 0 Å². The second-order valence-corrected chi connectivity index (χ2v) is 10.4. The predicted molar refractivity (Wildman–Crippen MR) is 162 cm³/mol. The molecule has 1 atom stereocenters. The molecule has 2 nitrogen and oxygen atoms in total. The number of allylic oxidation sites excluding steroid dienone is 3. The molecule has 0 spiro atoms. The maximum atomic E-state index is 11.9. The van der Waals surface area contributed by atoms with E-state index in [2.05, 4.69) is 97.6 Å². The summed E-state index contributed by atoms with van der Waals surface area (Å²) in [7, 11) is 0. The summed E-state index contributed by atoms with van der Waals surface area (Å²) < 4.78 is 0. The van der Waals surface area contributed by atoms with Crippen LogP contribution in [0.4, 0.5) is 0 Å². The molecular weight excluding hydrogens is 450 g/mol. The van der Waals surface area contributed by atoms with Gasteiger partial charge in [-0.25, -0.2) is 0 Å². The Labute approximate surface area is 226 Å². The normalized spacial score (nSPS) is 15.9. The highest BCUT2D eigenvalue weighted by molar-refractivity contribution is 5.98. The summed E-state index contributed by atoms with van der Waals surface area (Å²) in [6.07, 6.45) is 9.76. The molecule has 196 valence electrons. The Morgan fingerprint density at radius 1 is 1.00 bits per heavy atom. The van der Waals surface area contributed by atoms with Gasteiger partial charge in [0.1, 0.15) is 0 Å². The summed E-state index contributed by atoms with van der Waals surface area (Å²) in [4.78, 5) is 14.5. The molecule has 0 saturated carbocycles. The second kappa shape index (κ2) is 13.9. The van der Waals surface area contributed by atoms with Gasteiger partial charge in [-0.1, -0.05) is 105 Å². The van der Waals surface area contributed by atoms with E-state index >= 15 is 0 Å². The molecule has 0 amide bonds. The summed E-state index contributed by atoms with van der Waals surface area (Å²) in [5.41, 5.74) is 7.23. The third-order valence-electron chi connectivity index (χ3n) is 7.39. The van der Waals surface area contributed by atoms with Crippen LogP contribution in [-0.4, -0.2) is 23.8 Å². The fourth-order valence-corrected chi connectivity index (χ4v) is 5.34. The van der Waals surface area contributed by atoms with E-state index < -0.39 is 0 Å². The van der Waals surface area contributed by atoms with Crippen molar-refractivity contribution in [3.05, 3.63) is 119 Å². The van der Waals surface area contributed by atoms with Crippen molar-refractivity contribution in [1.82, 2.24) is 4.90 Å². The van der Waals surface area contributed by atoms with Crippen molar-refractivity contribution in [2.75, 3.05) is 13.1 Å². The lowest BCUT2D eigenvalue weighted by molar-refractivity contribution is -0.112. The van der Waals surface area contributed by atoms with Crippen molar-refractivity contribution in [1.29, 1.82) is 0 Å². The van der Waals surface area contributed by atoms with E-state index in [1.807, 2.05) is 12.1 Å². The number of hydrogen-bond donors (Lipinski definition) is 0. The number of nitrogens with zero attached hydrogens (tertiary/aromatic N) is 1. The van der Waals surface area contributed by atoms with E-state index in [0.29, 0.717) is 5.92 Å². The van der Waals surface area contributed by atoms with Crippen LogP contribution in [0.3, 0.4) is 0 Å². The van der Waals surface area contributed by atoms with Crippen LogP contribution >= 0.6 is 0 Å². The van der Waals surface area contributed by atoms with Crippen LogP contribution < -0.4 is 0 Å². The number of rotatable bonds is 9. The van der Waals surface area contributed by atoms with E-state index in [1.54, 1.807) is 13.0 Å². The Bertz CT molecular complexity index is 1210. The van der Waals surface area contributed by atoms with E-state index in [0.717, 1.165) is 23.6 Å². The lowest BCUT2D eigenvalue weighted by Crippen LogP contribution is -2.33. The average molecular weight is 496 g/mol. The van der Waals surface area contributed by atoms with Gasteiger partial charge in [-0.3, -0.25) is 9.69 Å². The molecule has 1 aliphatic heterocycles. The first kappa shape index (κ1) is 28.3. The fraction of sp³-hybridized carbons (Fsp3) is 0.343. The Hall–Kier alpha value is -3.23. The molecule has 1 aliphatic rings. The second-order valence-electron chi connectivity index (χ2n) is 10.4. The zero-order chi connectivity index (χ0) is 25.3. The number of piperidine rings is 1. The maximum absolute atomic E-state index is 11.9. The topological polar surface area (TPSA) is 20.3 Å². The average Bonchev–Trinajstić information content (AvgIpc) is 2.89. The molecule has 3 aromatic carbocycles. The molecule has 3 aromatic rings. The van der Waals surface area contributed by atoms with Gasteiger partial charge in [0, 0.05) is 7.97 Å². The molecule has 1 heterocycles. The number of ketones is 1. The van der Waals surface area contributed by atoms with Gasteiger partial charge >= 0.3 is 0 Å². The molecule has 1 saturated heterocycles. The zero-order valence-electron chi connectivity index (χ0n) is 22.0. The molecule has 37 heavy (non-hydrogen) atoms. The fourth-order valence-electron chi connectivity index (χ4n) is 5.34. The summed E-state index contributed by atoms with van der Waals surface area (Å²) in [6, 6.07) is 27.9. The first-order valence-corrected chi connectivity index (χ1v) is 13.3. The van der Waals surface area contributed by atoms with Crippen molar-refractivity contribution in [3.8, 4) is 0 Å². The van der Waals surface area contributed by atoms with Gasteiger partial charge in [-0.05, 0) is 97.5 Å². The van der Waals surface area contributed by atoms with Crippen molar-refractivity contribution in [3.63, 3.8) is 0 Å². The summed E-state index contributed by atoms with van der Waals surface area (Å²) in [6.45, 7) is 9.53. The molecule has 1 unspecified atom stereocenters. The molecule has 0 aromatic heterocycles. The molecule has 0 radical (unpaired) electrons. The molecule has 0 bridgehead atoms. The largest absolute Gasteiger partial charge is 0.299 e. The smallest absolute Gasteiger partial charge is 0.153 e. The number of aryl methyl sites for hydroxylation is 1. The minimum atomic E-state index is 0. The monoisotopic (exact) mass is 495 g/mol. The third-order valence-corrected chi connectivity index (χ3v) is 7.39. The van der Waals surface area contributed by atoms with Crippen LogP contribution in [0.25, 0.3) is 11.6 Å². The standard InChI is InChI=1S/C34H39NO.CH4.H2/c1-26-10-7-8-15-34(26)33(23-28(3)36)17-16-29-13-9-14-32(24-29)27(2)22-30-18-20-35(21-19-30)25-31-11-5-4-6-12-31;;/h4-17,23-24,27,30H,18-22,25H2,1-3H3;1H4;1H/b17-16-,33-23-;;. The van der Waals surface area contributed by atoms with Crippen molar-refractivity contribution < 1.29 is 6.22 Å². The van der Waals surface area contributed by atoms with E-state index in [-0.39, 0.29) is 14.6 Å². The number of likely N-dealkylation sites (tertiary alicyclic amines) is 1. The van der Waals surface area contributed by atoms with Crippen molar-refractivity contribution >= 4 is 17.4 Å². The Morgan fingerprint density at radius 3 is 2.41 bits per heavy atom. The number of benzene rings is 3. The van der Waals surface area contributed by atoms with Crippen LogP contribution in [0.15, 0.2) is 91.0 Å². The molecule has 0 aliphatic carbocycles. The lowest BCUT2D eigenvalue weighted by Gasteiger charge is -2.33. The van der Waals surface area contributed by atoms with E-state index in [1.165, 1.54) is 54.6 Å². The van der Waals surface area contributed by atoms with Gasteiger partial charge in [0.25, 0.3) is 0 Å². The van der Waals surface area contributed by atoms with Crippen LogP contribution in [-0.2, 0) is 11.3 Å². The number of hydrogen-bond acceptors (Lipinski definition) is 2. The van der Waals surface area contributed by atoms with Crippen molar-refractivity contribution in [2.45, 2.75) is 59.9 Å². The minimum absolute atomic E-state index is 0. The highest BCUT2D eigenvalue weighted by Gasteiger charge is 2.21. The summed E-state index contributed by atoms with van der Waals surface area (Å²) in [5.74, 6) is 1.39. The van der Waals surface area contributed by atoms with Gasteiger partial charge in [-0.15, -0.1) is 0 Å². The number of carbonyl (C=O) groups is 1. The molecule has 2 heteroatoms. The Morgan fingerprint density at radius 2 is 1.70 bits per heavy atom. The van der Waals surface area contributed by atoms with Crippen LogP contribution in [0.2, 0.25) is 0 Å². The highest BCUT2D eigenvalue weighted by atomic mass is 16.1. The predicted octanol–water partition coefficient (Wildman–Crippen LogP) is 8.97. The summed E-state index contributed by atoms with van der Waals surface area (Å²) in [5, 5.41) is 0. The molecule has 1 fully saturated rings. The summed E-state index contributed by atoms with van der Waals surface area (Å²) >= 11 is 0. The zero-order valence-corrected chi connectivity index (χ0v) is 22.0. The SMILES string of the molecule is C.CC(=O)/C=C(/C=C\c1cccc(C(C)CC2CCN(Cc3ccccc3)CC2)c1)c1ccccc1C.[HH].